The van der Waals surface area contributed by atoms with Crippen molar-refractivity contribution in [2.45, 2.75) is 37.9 Å². The minimum atomic E-state index is -3.06. The van der Waals surface area contributed by atoms with Crippen molar-refractivity contribution in [2.24, 2.45) is 5.92 Å². The number of hydrogen-bond donors (Lipinski definition) is 0. The van der Waals surface area contributed by atoms with Crippen LogP contribution < -0.4 is 0 Å². The van der Waals surface area contributed by atoms with E-state index in [-0.39, 0.29) is 17.0 Å². The van der Waals surface area contributed by atoms with E-state index in [1.165, 1.54) is 6.26 Å². The van der Waals surface area contributed by atoms with Crippen molar-refractivity contribution >= 4 is 27.2 Å². The van der Waals surface area contributed by atoms with Gasteiger partial charge in [0.1, 0.15) is 9.84 Å². The molecule has 0 saturated heterocycles. The Morgan fingerprint density at radius 3 is 2.60 bits per heavy atom. The fourth-order valence-electron chi connectivity index (χ4n) is 2.81. The number of hydrogen-bond acceptors (Lipinski definition) is 3. The largest absolute Gasteiger partial charge is 0.294 e. The SMILES string of the molecule is Cc1cc(C(=O)C2CCCC(S(C)(=O)=O)C2)ccc1Cl. The molecule has 0 aliphatic heterocycles. The van der Waals surface area contributed by atoms with Crippen LogP contribution in [-0.2, 0) is 9.84 Å². The number of ketones is 1. The maximum Gasteiger partial charge on any atom is 0.165 e. The highest BCUT2D eigenvalue weighted by molar-refractivity contribution is 7.91. The van der Waals surface area contributed by atoms with Crippen LogP contribution in [0.2, 0.25) is 5.02 Å². The maximum atomic E-state index is 12.5. The lowest BCUT2D eigenvalue weighted by molar-refractivity contribution is 0.0891. The van der Waals surface area contributed by atoms with Gasteiger partial charge < -0.3 is 0 Å². The van der Waals surface area contributed by atoms with E-state index in [9.17, 15) is 13.2 Å². The molecule has 5 heteroatoms. The summed E-state index contributed by atoms with van der Waals surface area (Å²) in [5, 5.41) is 0.262. The van der Waals surface area contributed by atoms with Gasteiger partial charge in [0.2, 0.25) is 0 Å². The van der Waals surface area contributed by atoms with E-state index < -0.39 is 9.84 Å². The Bertz CT molecular complexity index is 622. The zero-order chi connectivity index (χ0) is 14.9. The van der Waals surface area contributed by atoms with Gasteiger partial charge in [-0.15, -0.1) is 0 Å². The maximum absolute atomic E-state index is 12.5. The minimum absolute atomic E-state index is 0.0399. The molecule has 110 valence electrons. The number of halogens is 1. The number of carbonyl (C=O) groups excluding carboxylic acids is 1. The summed E-state index contributed by atoms with van der Waals surface area (Å²) in [6, 6.07) is 5.23. The number of rotatable bonds is 3. The summed E-state index contributed by atoms with van der Waals surface area (Å²) in [6.45, 7) is 1.86. The molecule has 1 aliphatic carbocycles. The molecule has 0 bridgehead atoms. The number of carbonyl (C=O) groups is 1. The predicted molar refractivity (Wildman–Crippen MR) is 81.1 cm³/mol. The van der Waals surface area contributed by atoms with Crippen LogP contribution in [0.4, 0.5) is 0 Å². The van der Waals surface area contributed by atoms with E-state index in [1.807, 2.05) is 6.92 Å². The first-order valence-electron chi connectivity index (χ1n) is 6.78. The van der Waals surface area contributed by atoms with E-state index in [4.69, 9.17) is 11.6 Å². The molecule has 1 aromatic carbocycles. The number of sulfone groups is 1. The standard InChI is InChI=1S/C15H19ClO3S/c1-10-8-12(6-7-14(10)16)15(17)11-4-3-5-13(9-11)20(2,18)19/h6-8,11,13H,3-5,9H2,1-2H3. The van der Waals surface area contributed by atoms with E-state index >= 15 is 0 Å². The highest BCUT2D eigenvalue weighted by Crippen LogP contribution is 2.31. The Morgan fingerprint density at radius 1 is 1.30 bits per heavy atom. The summed E-state index contributed by atoms with van der Waals surface area (Å²) in [4.78, 5) is 12.5. The summed E-state index contributed by atoms with van der Waals surface area (Å²) < 4.78 is 23.3. The third kappa shape index (κ3) is 3.41. The number of benzene rings is 1. The fraction of sp³-hybridized carbons (Fsp3) is 0.533. The van der Waals surface area contributed by atoms with Gasteiger partial charge in [-0.05, 0) is 49.9 Å². The Hall–Kier alpha value is -0.870. The smallest absolute Gasteiger partial charge is 0.165 e. The van der Waals surface area contributed by atoms with Crippen molar-refractivity contribution in [1.82, 2.24) is 0 Å². The molecule has 1 aromatic rings. The Kier molecular flexibility index (Phi) is 4.55. The van der Waals surface area contributed by atoms with Crippen molar-refractivity contribution in [3.05, 3.63) is 34.3 Å². The molecule has 0 N–H and O–H groups in total. The first-order chi connectivity index (χ1) is 9.29. The lowest BCUT2D eigenvalue weighted by Crippen LogP contribution is -2.31. The van der Waals surface area contributed by atoms with Gasteiger partial charge in [-0.25, -0.2) is 8.42 Å². The lowest BCUT2D eigenvalue weighted by Gasteiger charge is -2.27. The van der Waals surface area contributed by atoms with Crippen molar-refractivity contribution in [2.75, 3.05) is 6.26 Å². The number of aryl methyl sites for hydroxylation is 1. The van der Waals surface area contributed by atoms with Gasteiger partial charge in [-0.3, -0.25) is 4.79 Å². The first-order valence-corrected chi connectivity index (χ1v) is 9.11. The first kappa shape index (κ1) is 15.5. The highest BCUT2D eigenvalue weighted by Gasteiger charge is 2.32. The van der Waals surface area contributed by atoms with Crippen molar-refractivity contribution < 1.29 is 13.2 Å². The van der Waals surface area contributed by atoms with Gasteiger partial charge in [0, 0.05) is 22.8 Å². The molecule has 1 aliphatic rings. The van der Waals surface area contributed by atoms with Gasteiger partial charge >= 0.3 is 0 Å². The van der Waals surface area contributed by atoms with E-state index in [1.54, 1.807) is 18.2 Å². The average molecular weight is 315 g/mol. The molecular weight excluding hydrogens is 296 g/mol. The van der Waals surface area contributed by atoms with Crippen LogP contribution in [-0.4, -0.2) is 25.7 Å². The normalized spacial score (nSPS) is 23.6. The molecule has 0 aromatic heterocycles. The third-order valence-corrected chi connectivity index (χ3v) is 6.11. The second-order valence-corrected chi connectivity index (χ2v) is 8.38. The third-order valence-electron chi connectivity index (χ3n) is 4.04. The van der Waals surface area contributed by atoms with Gasteiger partial charge in [0.15, 0.2) is 5.78 Å². The molecule has 2 rings (SSSR count). The molecule has 0 spiro atoms. The van der Waals surface area contributed by atoms with Crippen LogP contribution >= 0.6 is 11.6 Å². The van der Waals surface area contributed by atoms with E-state index in [0.29, 0.717) is 23.4 Å². The molecule has 0 amide bonds. The number of Topliss-reactive ketones (excluding diaryl/α,β-unsaturated/α-hetero) is 1. The van der Waals surface area contributed by atoms with Gasteiger partial charge in [-0.1, -0.05) is 18.0 Å². The van der Waals surface area contributed by atoms with Crippen LogP contribution in [0.3, 0.4) is 0 Å². The van der Waals surface area contributed by atoms with E-state index in [2.05, 4.69) is 0 Å². The summed E-state index contributed by atoms with van der Waals surface area (Å²) in [6.07, 6.45) is 3.94. The highest BCUT2D eigenvalue weighted by atomic mass is 35.5. The molecule has 3 nitrogen and oxygen atoms in total. The second kappa shape index (κ2) is 5.86. The zero-order valence-electron chi connectivity index (χ0n) is 11.7. The van der Waals surface area contributed by atoms with Crippen LogP contribution in [0.1, 0.15) is 41.6 Å². The monoisotopic (exact) mass is 314 g/mol. The molecule has 2 unspecified atom stereocenters. The van der Waals surface area contributed by atoms with Crippen molar-refractivity contribution in [3.8, 4) is 0 Å². The topological polar surface area (TPSA) is 51.2 Å². The van der Waals surface area contributed by atoms with Gasteiger partial charge in [0.25, 0.3) is 0 Å². The van der Waals surface area contributed by atoms with Crippen molar-refractivity contribution in [1.29, 1.82) is 0 Å². The summed E-state index contributed by atoms with van der Waals surface area (Å²) in [7, 11) is -3.06. The molecule has 0 heterocycles. The summed E-state index contributed by atoms with van der Waals surface area (Å²) in [5.41, 5.74) is 1.50. The summed E-state index contributed by atoms with van der Waals surface area (Å²) in [5.74, 6) is -0.151. The fourth-order valence-corrected chi connectivity index (χ4v) is 4.10. The van der Waals surface area contributed by atoms with Crippen LogP contribution in [0, 0.1) is 12.8 Å². The Labute approximate surface area is 125 Å². The van der Waals surface area contributed by atoms with Gasteiger partial charge in [-0.2, -0.15) is 0 Å². The average Bonchev–Trinajstić information content (AvgIpc) is 2.40. The Balaban J connectivity index is 2.18. The minimum Gasteiger partial charge on any atom is -0.294 e. The molecule has 2 atom stereocenters. The zero-order valence-corrected chi connectivity index (χ0v) is 13.3. The van der Waals surface area contributed by atoms with Crippen LogP contribution in [0.15, 0.2) is 18.2 Å². The lowest BCUT2D eigenvalue weighted by atomic mass is 9.83. The van der Waals surface area contributed by atoms with Crippen molar-refractivity contribution in [3.63, 3.8) is 0 Å². The predicted octanol–water partition coefficient (Wildman–Crippen LogP) is 3.43. The Morgan fingerprint density at radius 2 is 2.00 bits per heavy atom. The molecular formula is C15H19ClO3S. The van der Waals surface area contributed by atoms with Crippen LogP contribution in [0.25, 0.3) is 0 Å². The molecule has 1 fully saturated rings. The van der Waals surface area contributed by atoms with Crippen LogP contribution in [0.5, 0.6) is 0 Å². The van der Waals surface area contributed by atoms with Gasteiger partial charge in [0.05, 0.1) is 5.25 Å². The quantitative estimate of drug-likeness (QED) is 0.803. The molecule has 0 radical (unpaired) electrons. The summed E-state index contributed by atoms with van der Waals surface area (Å²) >= 11 is 5.96. The second-order valence-electron chi connectivity index (χ2n) is 5.64. The molecule has 20 heavy (non-hydrogen) atoms. The molecule has 1 saturated carbocycles. The van der Waals surface area contributed by atoms with E-state index in [0.717, 1.165) is 18.4 Å².